The van der Waals surface area contributed by atoms with Crippen molar-refractivity contribution in [1.29, 1.82) is 0 Å². The van der Waals surface area contributed by atoms with Gasteiger partial charge in [0.25, 0.3) is 0 Å². The predicted octanol–water partition coefficient (Wildman–Crippen LogP) is 0.989. The lowest BCUT2D eigenvalue weighted by Crippen LogP contribution is -2.42. The number of hydrogen-bond acceptors (Lipinski definition) is 4. The van der Waals surface area contributed by atoms with E-state index in [1.165, 1.54) is 11.8 Å². The van der Waals surface area contributed by atoms with Crippen LogP contribution in [0, 0.1) is 0 Å². The fourth-order valence-electron chi connectivity index (χ4n) is 2.83. The van der Waals surface area contributed by atoms with Crippen molar-refractivity contribution in [2.45, 2.75) is 19.1 Å². The van der Waals surface area contributed by atoms with Gasteiger partial charge in [-0.25, -0.2) is 13.1 Å². The topological polar surface area (TPSA) is 67.2 Å². The van der Waals surface area contributed by atoms with Crippen LogP contribution in [0.25, 0.3) is 0 Å². The van der Waals surface area contributed by atoms with E-state index in [9.17, 15) is 8.42 Å². The standard InChI is InChI=1S/C15H20N4O2S/c1-22(20,21)17-9-15-12-18(10-13-5-3-2-4-6-13)11-14-7-8-16-19(14)15/h2-8,15,17H,9-12H2,1H3/t15-/m0/s1. The highest BCUT2D eigenvalue weighted by Crippen LogP contribution is 2.21. The van der Waals surface area contributed by atoms with E-state index in [4.69, 9.17) is 0 Å². The molecular formula is C15H20N4O2S. The Balaban J connectivity index is 1.74. The van der Waals surface area contributed by atoms with E-state index in [1.54, 1.807) is 6.20 Å². The largest absolute Gasteiger partial charge is 0.291 e. The smallest absolute Gasteiger partial charge is 0.208 e. The molecule has 2 aromatic rings. The molecule has 1 aliphatic rings. The molecule has 1 aliphatic heterocycles. The van der Waals surface area contributed by atoms with E-state index >= 15 is 0 Å². The molecule has 0 spiro atoms. The normalized spacial score (nSPS) is 19.0. The average molecular weight is 320 g/mol. The molecule has 0 amide bonds. The molecule has 3 rings (SSSR count). The molecule has 118 valence electrons. The van der Waals surface area contributed by atoms with Crippen LogP contribution in [0.2, 0.25) is 0 Å². The fraction of sp³-hybridized carbons (Fsp3) is 0.400. The summed E-state index contributed by atoms with van der Waals surface area (Å²) in [6.45, 7) is 2.80. The van der Waals surface area contributed by atoms with Crippen molar-refractivity contribution in [2.75, 3.05) is 19.3 Å². The lowest BCUT2D eigenvalue weighted by Gasteiger charge is -2.34. The van der Waals surface area contributed by atoms with Gasteiger partial charge in [-0.2, -0.15) is 5.10 Å². The maximum absolute atomic E-state index is 11.3. The van der Waals surface area contributed by atoms with E-state index < -0.39 is 10.0 Å². The second kappa shape index (κ2) is 6.20. The van der Waals surface area contributed by atoms with Gasteiger partial charge >= 0.3 is 0 Å². The molecule has 0 aliphatic carbocycles. The van der Waals surface area contributed by atoms with Gasteiger partial charge < -0.3 is 0 Å². The molecule has 0 bridgehead atoms. The maximum atomic E-state index is 11.3. The summed E-state index contributed by atoms with van der Waals surface area (Å²) in [5.74, 6) is 0. The Hall–Kier alpha value is -1.70. The first kappa shape index (κ1) is 15.2. The fourth-order valence-corrected chi connectivity index (χ4v) is 3.32. The monoisotopic (exact) mass is 320 g/mol. The maximum Gasteiger partial charge on any atom is 0.208 e. The molecular weight excluding hydrogens is 300 g/mol. The van der Waals surface area contributed by atoms with Crippen LogP contribution in [-0.2, 0) is 23.1 Å². The molecule has 1 N–H and O–H groups in total. The summed E-state index contributed by atoms with van der Waals surface area (Å²) in [4.78, 5) is 2.32. The van der Waals surface area contributed by atoms with E-state index in [0.29, 0.717) is 6.54 Å². The van der Waals surface area contributed by atoms with Gasteiger partial charge in [-0.05, 0) is 11.6 Å². The Kier molecular flexibility index (Phi) is 4.28. The zero-order valence-electron chi connectivity index (χ0n) is 12.5. The van der Waals surface area contributed by atoms with Crippen LogP contribution in [0.4, 0.5) is 0 Å². The molecule has 7 heteroatoms. The van der Waals surface area contributed by atoms with E-state index in [2.05, 4.69) is 26.9 Å². The van der Waals surface area contributed by atoms with Gasteiger partial charge in [0.2, 0.25) is 10.0 Å². The van der Waals surface area contributed by atoms with Crippen LogP contribution in [0.3, 0.4) is 0 Å². The Morgan fingerprint density at radius 2 is 2.05 bits per heavy atom. The van der Waals surface area contributed by atoms with Gasteiger partial charge in [0, 0.05) is 32.4 Å². The number of benzene rings is 1. The summed E-state index contributed by atoms with van der Waals surface area (Å²) in [6.07, 6.45) is 2.95. The molecule has 2 heterocycles. The lowest BCUT2D eigenvalue weighted by atomic mass is 10.1. The number of aromatic nitrogens is 2. The number of nitrogens with one attached hydrogen (secondary N) is 1. The number of fused-ring (bicyclic) bond motifs is 1. The zero-order valence-corrected chi connectivity index (χ0v) is 13.3. The Labute approximate surface area is 130 Å². The molecule has 0 fully saturated rings. The van der Waals surface area contributed by atoms with E-state index in [0.717, 1.165) is 25.3 Å². The first-order chi connectivity index (χ1) is 10.5. The molecule has 0 saturated heterocycles. The van der Waals surface area contributed by atoms with Crippen molar-refractivity contribution in [2.24, 2.45) is 0 Å². The molecule has 1 atom stereocenters. The third kappa shape index (κ3) is 3.73. The second-order valence-corrected chi connectivity index (χ2v) is 7.53. The van der Waals surface area contributed by atoms with Crippen molar-refractivity contribution in [3.63, 3.8) is 0 Å². The van der Waals surface area contributed by atoms with Crippen molar-refractivity contribution >= 4 is 10.0 Å². The van der Waals surface area contributed by atoms with Crippen LogP contribution in [0.5, 0.6) is 0 Å². The molecule has 0 radical (unpaired) electrons. The quantitative estimate of drug-likeness (QED) is 0.892. The SMILES string of the molecule is CS(=O)(=O)NC[C@H]1CN(Cc2ccccc2)Cc2ccnn21. The first-order valence-corrected chi connectivity index (χ1v) is 9.14. The minimum Gasteiger partial charge on any atom is -0.291 e. The van der Waals surface area contributed by atoms with Crippen molar-refractivity contribution < 1.29 is 8.42 Å². The zero-order chi connectivity index (χ0) is 15.6. The molecule has 6 nitrogen and oxygen atoms in total. The van der Waals surface area contributed by atoms with Gasteiger partial charge in [0.15, 0.2) is 0 Å². The highest BCUT2D eigenvalue weighted by atomic mass is 32.2. The lowest BCUT2D eigenvalue weighted by molar-refractivity contribution is 0.168. The molecule has 1 aromatic heterocycles. The summed E-state index contributed by atoms with van der Waals surface area (Å²) in [5.41, 5.74) is 2.37. The van der Waals surface area contributed by atoms with Crippen LogP contribution >= 0.6 is 0 Å². The minimum absolute atomic E-state index is 0.0113. The summed E-state index contributed by atoms with van der Waals surface area (Å²) in [5, 5.41) is 4.34. The predicted molar refractivity (Wildman–Crippen MR) is 84.7 cm³/mol. The number of rotatable bonds is 5. The van der Waals surface area contributed by atoms with Crippen molar-refractivity contribution in [3.05, 3.63) is 53.9 Å². The number of hydrogen-bond donors (Lipinski definition) is 1. The van der Waals surface area contributed by atoms with Crippen LogP contribution < -0.4 is 4.72 Å². The van der Waals surface area contributed by atoms with Crippen LogP contribution in [-0.4, -0.2) is 42.4 Å². The molecule has 0 saturated carbocycles. The van der Waals surface area contributed by atoms with Gasteiger partial charge in [-0.3, -0.25) is 9.58 Å². The Morgan fingerprint density at radius 1 is 1.27 bits per heavy atom. The summed E-state index contributed by atoms with van der Waals surface area (Å²) < 4.78 is 27.2. The van der Waals surface area contributed by atoms with Crippen LogP contribution in [0.1, 0.15) is 17.3 Å². The van der Waals surface area contributed by atoms with E-state index in [-0.39, 0.29) is 6.04 Å². The number of nitrogens with zero attached hydrogens (tertiary/aromatic N) is 3. The first-order valence-electron chi connectivity index (χ1n) is 7.24. The molecule has 1 aromatic carbocycles. The minimum atomic E-state index is -3.20. The average Bonchev–Trinajstić information content (AvgIpc) is 2.93. The molecule has 22 heavy (non-hydrogen) atoms. The Bertz CT molecular complexity index is 727. The third-order valence-electron chi connectivity index (χ3n) is 3.78. The molecule has 0 unspecified atom stereocenters. The second-order valence-electron chi connectivity index (χ2n) is 5.70. The van der Waals surface area contributed by atoms with Gasteiger partial charge in [-0.1, -0.05) is 30.3 Å². The van der Waals surface area contributed by atoms with Crippen molar-refractivity contribution in [1.82, 2.24) is 19.4 Å². The summed E-state index contributed by atoms with van der Waals surface area (Å²) in [7, 11) is -3.20. The van der Waals surface area contributed by atoms with Gasteiger partial charge in [-0.15, -0.1) is 0 Å². The third-order valence-corrected chi connectivity index (χ3v) is 4.47. The summed E-state index contributed by atoms with van der Waals surface area (Å²) in [6, 6.07) is 12.3. The van der Waals surface area contributed by atoms with Gasteiger partial charge in [0.1, 0.15) is 0 Å². The van der Waals surface area contributed by atoms with E-state index in [1.807, 2.05) is 28.9 Å². The Morgan fingerprint density at radius 3 is 2.77 bits per heavy atom. The highest BCUT2D eigenvalue weighted by Gasteiger charge is 2.26. The van der Waals surface area contributed by atoms with Gasteiger partial charge in [0.05, 0.1) is 18.0 Å². The highest BCUT2D eigenvalue weighted by molar-refractivity contribution is 7.88. The van der Waals surface area contributed by atoms with Crippen LogP contribution in [0.15, 0.2) is 42.6 Å². The number of sulfonamides is 1. The summed E-state index contributed by atoms with van der Waals surface area (Å²) >= 11 is 0. The van der Waals surface area contributed by atoms with Crippen molar-refractivity contribution in [3.8, 4) is 0 Å².